The average molecular weight is 434 g/mol. The lowest BCUT2D eigenvalue weighted by atomic mass is 10.0. The molecule has 1 unspecified atom stereocenters. The second kappa shape index (κ2) is 8.81. The molecule has 158 valence electrons. The summed E-state index contributed by atoms with van der Waals surface area (Å²) in [5.41, 5.74) is 2.96. The van der Waals surface area contributed by atoms with Crippen LogP contribution in [0.25, 0.3) is 0 Å². The van der Waals surface area contributed by atoms with Crippen molar-refractivity contribution >= 4 is 29.1 Å². The van der Waals surface area contributed by atoms with Crippen molar-refractivity contribution in [2.24, 2.45) is 0 Å². The van der Waals surface area contributed by atoms with Crippen LogP contribution in [0.15, 0.2) is 53.9 Å². The maximum atomic E-state index is 12.9. The molecule has 1 aliphatic rings. The number of carbonyl (C=O) groups excluding carboxylic acids is 3. The fourth-order valence-corrected chi connectivity index (χ4v) is 4.56. The first-order valence-electron chi connectivity index (χ1n) is 10.2. The molecule has 4 rings (SSSR count). The second-order valence-electron chi connectivity index (χ2n) is 7.52. The molecule has 0 radical (unpaired) electrons. The lowest BCUT2D eigenvalue weighted by Crippen LogP contribution is -2.31. The summed E-state index contributed by atoms with van der Waals surface area (Å²) < 4.78 is 0. The summed E-state index contributed by atoms with van der Waals surface area (Å²) in [4.78, 5) is 44.1. The number of thiazole rings is 1. The monoisotopic (exact) mass is 433 g/mol. The van der Waals surface area contributed by atoms with Gasteiger partial charge in [0.15, 0.2) is 0 Å². The molecule has 0 aliphatic carbocycles. The van der Waals surface area contributed by atoms with Gasteiger partial charge >= 0.3 is 0 Å². The van der Waals surface area contributed by atoms with E-state index in [1.165, 1.54) is 22.3 Å². The number of imide groups is 1. The maximum absolute atomic E-state index is 12.9. The first-order chi connectivity index (χ1) is 15.0. The van der Waals surface area contributed by atoms with Crippen LogP contribution >= 0.6 is 11.3 Å². The fourth-order valence-electron chi connectivity index (χ4n) is 3.63. The average Bonchev–Trinajstić information content (AvgIpc) is 3.32. The molecule has 0 saturated heterocycles. The zero-order valence-corrected chi connectivity index (χ0v) is 18.2. The molecule has 6 nitrogen and oxygen atoms in total. The third-order valence-corrected chi connectivity index (χ3v) is 6.42. The lowest BCUT2D eigenvalue weighted by molar-refractivity contribution is 0.0656. The quantitative estimate of drug-likeness (QED) is 0.567. The van der Waals surface area contributed by atoms with E-state index in [9.17, 15) is 14.4 Å². The van der Waals surface area contributed by atoms with Crippen molar-refractivity contribution < 1.29 is 14.4 Å². The van der Waals surface area contributed by atoms with Gasteiger partial charge in [-0.15, -0.1) is 11.3 Å². The topological polar surface area (TPSA) is 79.4 Å². The molecule has 2 heterocycles. The molecule has 2 aromatic carbocycles. The first-order valence-corrected chi connectivity index (χ1v) is 11.1. The van der Waals surface area contributed by atoms with E-state index in [1.54, 1.807) is 12.1 Å². The highest BCUT2D eigenvalue weighted by Gasteiger charge is 2.35. The van der Waals surface area contributed by atoms with Gasteiger partial charge in [-0.1, -0.05) is 37.3 Å². The van der Waals surface area contributed by atoms with Gasteiger partial charge in [0, 0.05) is 23.2 Å². The van der Waals surface area contributed by atoms with Gasteiger partial charge in [-0.3, -0.25) is 19.3 Å². The summed E-state index contributed by atoms with van der Waals surface area (Å²) in [5.74, 6) is -0.953. The van der Waals surface area contributed by atoms with Crippen molar-refractivity contribution in [2.75, 3.05) is 6.54 Å². The highest BCUT2D eigenvalue weighted by molar-refractivity contribution is 7.09. The predicted molar refractivity (Wildman–Crippen MR) is 119 cm³/mol. The van der Waals surface area contributed by atoms with E-state index in [0.29, 0.717) is 30.5 Å². The van der Waals surface area contributed by atoms with Crippen LogP contribution in [0.2, 0.25) is 0 Å². The minimum Gasteiger partial charge on any atom is -0.343 e. The molecular weight excluding hydrogens is 410 g/mol. The Bertz CT molecular complexity index is 1140. The maximum Gasteiger partial charge on any atom is 0.261 e. The lowest BCUT2D eigenvalue weighted by Gasteiger charge is -2.14. The van der Waals surface area contributed by atoms with Crippen LogP contribution in [-0.4, -0.2) is 34.2 Å². The Hall–Kier alpha value is -3.32. The van der Waals surface area contributed by atoms with Crippen LogP contribution in [0.4, 0.5) is 0 Å². The van der Waals surface area contributed by atoms with Crippen LogP contribution in [0.1, 0.15) is 66.7 Å². The van der Waals surface area contributed by atoms with Gasteiger partial charge in [-0.05, 0) is 43.5 Å². The first kappa shape index (κ1) is 20.9. The number of carbonyl (C=O) groups is 3. The normalized spacial score (nSPS) is 13.9. The highest BCUT2D eigenvalue weighted by Crippen LogP contribution is 2.26. The van der Waals surface area contributed by atoms with Crippen molar-refractivity contribution in [2.45, 2.75) is 32.7 Å². The second-order valence-corrected chi connectivity index (χ2v) is 8.41. The molecular formula is C24H23N3O3S. The zero-order chi connectivity index (χ0) is 22.0. The van der Waals surface area contributed by atoms with Crippen LogP contribution in [0, 0.1) is 6.92 Å². The largest absolute Gasteiger partial charge is 0.343 e. The van der Waals surface area contributed by atoms with E-state index in [0.717, 1.165) is 16.3 Å². The minimum absolute atomic E-state index is 0.195. The summed E-state index contributed by atoms with van der Waals surface area (Å²) in [6, 6.07) is 14.2. The Kier molecular flexibility index (Phi) is 5.95. The predicted octanol–water partition coefficient (Wildman–Crippen LogP) is 4.17. The number of aryl methyl sites for hydroxylation is 1. The summed E-state index contributed by atoms with van der Waals surface area (Å²) in [6.45, 7) is 4.21. The Morgan fingerprint density at radius 3 is 2.52 bits per heavy atom. The molecule has 0 fully saturated rings. The Morgan fingerprint density at radius 1 is 1.10 bits per heavy atom. The summed E-state index contributed by atoms with van der Waals surface area (Å²) in [6.07, 6.45) is 1.29. The number of nitrogens with zero attached hydrogens (tertiary/aromatic N) is 2. The molecule has 0 saturated carbocycles. The number of hydrogen-bond donors (Lipinski definition) is 1. The van der Waals surface area contributed by atoms with Crippen molar-refractivity contribution in [1.29, 1.82) is 0 Å². The molecule has 3 amide bonds. The number of rotatable bonds is 7. The number of nitrogens with one attached hydrogen (secondary N) is 1. The minimum atomic E-state index is -0.354. The van der Waals surface area contributed by atoms with Crippen molar-refractivity contribution in [3.63, 3.8) is 0 Å². The number of aromatic nitrogens is 1. The Labute approximate surface area is 184 Å². The fraction of sp³-hybridized carbons (Fsp3) is 0.250. The molecule has 0 spiro atoms. The van der Waals surface area contributed by atoms with Crippen molar-refractivity contribution in [1.82, 2.24) is 15.2 Å². The molecule has 1 N–H and O–H groups in total. The molecule has 1 atom stereocenters. The number of benzene rings is 2. The van der Waals surface area contributed by atoms with Crippen molar-refractivity contribution in [3.8, 4) is 0 Å². The van der Waals surface area contributed by atoms with Gasteiger partial charge in [0.1, 0.15) is 5.01 Å². The van der Waals surface area contributed by atoms with E-state index in [4.69, 9.17) is 0 Å². The van der Waals surface area contributed by atoms with Gasteiger partial charge < -0.3 is 5.32 Å². The molecule has 7 heteroatoms. The molecule has 1 aliphatic heterocycles. The van der Waals surface area contributed by atoms with Crippen LogP contribution in [-0.2, 0) is 6.42 Å². The number of hydrogen-bond acceptors (Lipinski definition) is 5. The van der Waals surface area contributed by atoms with E-state index >= 15 is 0 Å². The Morgan fingerprint density at radius 2 is 1.84 bits per heavy atom. The highest BCUT2D eigenvalue weighted by atomic mass is 32.1. The summed E-state index contributed by atoms with van der Waals surface area (Å²) in [7, 11) is 0. The van der Waals surface area contributed by atoms with Gasteiger partial charge in [-0.25, -0.2) is 4.98 Å². The van der Waals surface area contributed by atoms with Crippen LogP contribution in [0.5, 0.6) is 0 Å². The van der Waals surface area contributed by atoms with Gasteiger partial charge in [-0.2, -0.15) is 0 Å². The number of fused-ring (bicyclic) bond motifs is 1. The van der Waals surface area contributed by atoms with E-state index in [1.807, 2.05) is 49.6 Å². The third kappa shape index (κ3) is 4.27. The molecule has 31 heavy (non-hydrogen) atoms. The molecule has 0 bridgehead atoms. The number of amides is 3. The Balaban J connectivity index is 1.49. The summed E-state index contributed by atoms with van der Waals surface area (Å²) >= 11 is 1.51. The van der Waals surface area contributed by atoms with E-state index in [2.05, 4.69) is 10.3 Å². The van der Waals surface area contributed by atoms with Gasteiger partial charge in [0.05, 0.1) is 17.2 Å². The summed E-state index contributed by atoms with van der Waals surface area (Å²) in [5, 5.41) is 5.79. The van der Waals surface area contributed by atoms with Crippen LogP contribution < -0.4 is 5.32 Å². The molecule has 1 aromatic heterocycles. The third-order valence-electron chi connectivity index (χ3n) is 5.35. The van der Waals surface area contributed by atoms with Crippen molar-refractivity contribution in [3.05, 3.63) is 86.9 Å². The zero-order valence-electron chi connectivity index (χ0n) is 17.4. The van der Waals surface area contributed by atoms with Gasteiger partial charge in [0.25, 0.3) is 17.7 Å². The van der Waals surface area contributed by atoms with E-state index in [-0.39, 0.29) is 29.3 Å². The van der Waals surface area contributed by atoms with E-state index < -0.39 is 0 Å². The SMILES string of the molecule is CCC(NC(=O)c1ccc2c(c1)C(=O)N(CCc1ccccc1)C2=O)c1nc(C)cs1. The van der Waals surface area contributed by atoms with Gasteiger partial charge in [0.2, 0.25) is 0 Å². The standard InChI is InChI=1S/C24H23N3O3S/c1-3-20(22-25-15(2)14-31-22)26-21(28)17-9-10-18-19(13-17)24(30)27(23(18)29)12-11-16-7-5-4-6-8-16/h4-10,13-14,20H,3,11-12H2,1-2H3,(H,26,28). The molecule has 3 aromatic rings. The smallest absolute Gasteiger partial charge is 0.261 e. The van der Waals surface area contributed by atoms with Crippen LogP contribution in [0.3, 0.4) is 0 Å².